The van der Waals surface area contributed by atoms with Gasteiger partial charge in [-0.15, -0.1) is 0 Å². The van der Waals surface area contributed by atoms with Crippen LogP contribution in [0.25, 0.3) is 11.0 Å². The molecule has 0 atom stereocenters. The minimum Gasteiger partial charge on any atom is -0.490 e. The van der Waals surface area contributed by atoms with Gasteiger partial charge in [-0.2, -0.15) is 0 Å². The van der Waals surface area contributed by atoms with Gasteiger partial charge in [-0.3, -0.25) is 4.79 Å². The molecule has 30 heavy (non-hydrogen) atoms. The van der Waals surface area contributed by atoms with E-state index in [0.29, 0.717) is 11.1 Å². The summed E-state index contributed by atoms with van der Waals surface area (Å²) in [4.78, 5) is 24.3. The summed E-state index contributed by atoms with van der Waals surface area (Å²) in [7, 11) is 0. The standard InChI is InChI=1S/C24H30O6/c1-15(2)9-7-10-17(5)13-14-27-23-22(29-18(6)25)21-19(28-16(3)4)11-8-12-20(21)30-24(23)26/h8-9,11-13,16H,7,10,14H2,1-6H3. The lowest BCUT2D eigenvalue weighted by molar-refractivity contribution is -0.131. The number of ether oxygens (including phenoxy) is 3. The normalized spacial score (nSPS) is 11.5. The molecule has 0 aliphatic rings. The van der Waals surface area contributed by atoms with E-state index in [2.05, 4.69) is 19.9 Å². The van der Waals surface area contributed by atoms with Gasteiger partial charge in [-0.05, 0) is 65.7 Å². The van der Waals surface area contributed by atoms with Gasteiger partial charge in [0, 0.05) is 6.92 Å². The van der Waals surface area contributed by atoms with E-state index in [1.54, 1.807) is 18.2 Å². The van der Waals surface area contributed by atoms with Crippen LogP contribution in [0, 0.1) is 0 Å². The highest BCUT2D eigenvalue weighted by Gasteiger charge is 2.22. The van der Waals surface area contributed by atoms with Crippen molar-refractivity contribution in [1.82, 2.24) is 0 Å². The number of hydrogen-bond acceptors (Lipinski definition) is 6. The van der Waals surface area contributed by atoms with E-state index in [4.69, 9.17) is 18.6 Å². The molecule has 162 valence electrons. The molecule has 0 aliphatic heterocycles. The van der Waals surface area contributed by atoms with Gasteiger partial charge in [0.05, 0.1) is 6.10 Å². The SMILES string of the molecule is CC(=O)Oc1c(OCC=C(C)CCC=C(C)C)c(=O)oc2cccc(OC(C)C)c12. The molecule has 0 aliphatic carbocycles. The van der Waals surface area contributed by atoms with Crippen molar-refractivity contribution in [3.63, 3.8) is 0 Å². The summed E-state index contributed by atoms with van der Waals surface area (Å²) >= 11 is 0. The Kier molecular flexibility index (Phi) is 8.27. The molecule has 0 spiro atoms. The Morgan fingerprint density at radius 3 is 2.47 bits per heavy atom. The van der Waals surface area contributed by atoms with Gasteiger partial charge in [0.15, 0.2) is 5.75 Å². The number of fused-ring (bicyclic) bond motifs is 1. The van der Waals surface area contributed by atoms with E-state index < -0.39 is 11.6 Å². The first-order valence-corrected chi connectivity index (χ1v) is 10.1. The van der Waals surface area contributed by atoms with Crippen molar-refractivity contribution in [2.75, 3.05) is 6.61 Å². The number of esters is 1. The molecule has 2 aromatic rings. The van der Waals surface area contributed by atoms with Crippen molar-refractivity contribution in [2.45, 2.75) is 60.5 Å². The third-order valence-corrected chi connectivity index (χ3v) is 4.17. The highest BCUT2D eigenvalue weighted by molar-refractivity contribution is 5.93. The molecule has 6 heteroatoms. The zero-order valence-corrected chi connectivity index (χ0v) is 18.5. The lowest BCUT2D eigenvalue weighted by atomic mass is 10.1. The number of carbonyl (C=O) groups is 1. The second kappa shape index (κ2) is 10.7. The van der Waals surface area contributed by atoms with Crippen LogP contribution >= 0.6 is 0 Å². The molecule has 1 aromatic carbocycles. The van der Waals surface area contributed by atoms with E-state index in [0.717, 1.165) is 18.4 Å². The van der Waals surface area contributed by atoms with Crippen LogP contribution in [0.1, 0.15) is 54.4 Å². The molecule has 0 saturated carbocycles. The average molecular weight is 414 g/mol. The highest BCUT2D eigenvalue weighted by atomic mass is 16.6. The zero-order valence-electron chi connectivity index (χ0n) is 18.5. The molecule has 0 bridgehead atoms. The molecule has 0 amide bonds. The Morgan fingerprint density at radius 1 is 1.10 bits per heavy atom. The summed E-state index contributed by atoms with van der Waals surface area (Å²) in [5, 5.41) is 0.389. The van der Waals surface area contributed by atoms with Crippen molar-refractivity contribution in [3.05, 3.63) is 51.9 Å². The molecule has 0 unspecified atom stereocenters. The van der Waals surface area contributed by atoms with E-state index in [1.807, 2.05) is 26.8 Å². The summed E-state index contributed by atoms with van der Waals surface area (Å²) in [5.41, 5.74) is 1.96. The average Bonchev–Trinajstić information content (AvgIpc) is 2.62. The molecular formula is C24H30O6. The van der Waals surface area contributed by atoms with Crippen LogP contribution in [0.5, 0.6) is 17.2 Å². The molecule has 1 heterocycles. The van der Waals surface area contributed by atoms with E-state index in [-0.39, 0.29) is 29.8 Å². The van der Waals surface area contributed by atoms with Crippen LogP contribution in [-0.2, 0) is 4.79 Å². The van der Waals surface area contributed by atoms with Gasteiger partial charge < -0.3 is 18.6 Å². The zero-order chi connectivity index (χ0) is 22.3. The molecular weight excluding hydrogens is 384 g/mol. The first kappa shape index (κ1) is 23.3. The van der Waals surface area contributed by atoms with Crippen LogP contribution in [0.15, 0.2) is 50.7 Å². The second-order valence-corrected chi connectivity index (χ2v) is 7.62. The maximum atomic E-state index is 12.5. The number of hydrogen-bond donors (Lipinski definition) is 0. The van der Waals surface area contributed by atoms with Gasteiger partial charge >= 0.3 is 11.6 Å². The van der Waals surface area contributed by atoms with Crippen LogP contribution in [-0.4, -0.2) is 18.7 Å². The fourth-order valence-electron chi connectivity index (χ4n) is 2.85. The summed E-state index contributed by atoms with van der Waals surface area (Å²) in [5.74, 6) is -0.258. The van der Waals surface area contributed by atoms with Crippen LogP contribution in [0.2, 0.25) is 0 Å². The van der Waals surface area contributed by atoms with Crippen LogP contribution in [0.3, 0.4) is 0 Å². The smallest absolute Gasteiger partial charge is 0.383 e. The lowest BCUT2D eigenvalue weighted by Gasteiger charge is -2.16. The summed E-state index contributed by atoms with van der Waals surface area (Å²) in [6.07, 6.45) is 5.78. The van der Waals surface area contributed by atoms with Gasteiger partial charge in [-0.1, -0.05) is 23.3 Å². The van der Waals surface area contributed by atoms with Gasteiger partial charge in [-0.25, -0.2) is 4.79 Å². The van der Waals surface area contributed by atoms with Gasteiger partial charge in [0.2, 0.25) is 5.75 Å². The molecule has 0 fully saturated rings. The Hall–Kier alpha value is -3.02. The number of carbonyl (C=O) groups excluding carboxylic acids is 1. The minimum atomic E-state index is -0.712. The molecule has 6 nitrogen and oxygen atoms in total. The Balaban J connectivity index is 2.40. The fourth-order valence-corrected chi connectivity index (χ4v) is 2.85. The van der Waals surface area contributed by atoms with E-state index in [1.165, 1.54) is 12.5 Å². The maximum Gasteiger partial charge on any atom is 0.383 e. The molecule has 0 N–H and O–H groups in total. The topological polar surface area (TPSA) is 75.0 Å². The Bertz CT molecular complexity index is 1010. The first-order chi connectivity index (χ1) is 14.2. The van der Waals surface area contributed by atoms with Crippen molar-refractivity contribution >= 4 is 16.9 Å². The van der Waals surface area contributed by atoms with Crippen molar-refractivity contribution < 1.29 is 23.4 Å². The third-order valence-electron chi connectivity index (χ3n) is 4.17. The second-order valence-electron chi connectivity index (χ2n) is 7.62. The van der Waals surface area contributed by atoms with Crippen LogP contribution < -0.4 is 19.8 Å². The maximum absolute atomic E-state index is 12.5. The molecule has 0 radical (unpaired) electrons. The quantitative estimate of drug-likeness (QED) is 0.303. The fraction of sp³-hybridized carbons (Fsp3) is 0.417. The largest absolute Gasteiger partial charge is 0.490 e. The Morgan fingerprint density at radius 2 is 1.83 bits per heavy atom. The molecule has 1 aromatic heterocycles. The number of benzene rings is 1. The first-order valence-electron chi connectivity index (χ1n) is 10.1. The van der Waals surface area contributed by atoms with Crippen molar-refractivity contribution in [2.24, 2.45) is 0 Å². The van der Waals surface area contributed by atoms with Gasteiger partial charge in [0.1, 0.15) is 23.3 Å². The number of rotatable bonds is 9. The lowest BCUT2D eigenvalue weighted by Crippen LogP contribution is -2.14. The van der Waals surface area contributed by atoms with Crippen molar-refractivity contribution in [1.29, 1.82) is 0 Å². The predicted molar refractivity (Wildman–Crippen MR) is 117 cm³/mol. The predicted octanol–water partition coefficient (Wildman–Crippen LogP) is 5.58. The molecule has 2 rings (SSSR count). The van der Waals surface area contributed by atoms with Crippen molar-refractivity contribution in [3.8, 4) is 17.2 Å². The highest BCUT2D eigenvalue weighted by Crippen LogP contribution is 2.39. The summed E-state index contributed by atoms with van der Waals surface area (Å²) in [6, 6.07) is 5.06. The van der Waals surface area contributed by atoms with Crippen LogP contribution in [0.4, 0.5) is 0 Å². The van der Waals surface area contributed by atoms with E-state index >= 15 is 0 Å². The Labute approximate surface area is 177 Å². The van der Waals surface area contributed by atoms with Gasteiger partial charge in [0.25, 0.3) is 0 Å². The third kappa shape index (κ3) is 6.51. The summed E-state index contributed by atoms with van der Waals surface area (Å²) < 4.78 is 22.3. The number of allylic oxidation sites excluding steroid dienone is 3. The summed E-state index contributed by atoms with van der Waals surface area (Å²) in [6.45, 7) is 11.3. The monoisotopic (exact) mass is 414 g/mol. The molecule has 0 saturated heterocycles. The van der Waals surface area contributed by atoms with E-state index in [9.17, 15) is 9.59 Å². The minimum absolute atomic E-state index is 0.0144.